The van der Waals surface area contributed by atoms with Crippen LogP contribution in [0.4, 0.5) is 0 Å². The third-order valence-corrected chi connectivity index (χ3v) is 4.24. The first-order valence-corrected chi connectivity index (χ1v) is 5.03. The van der Waals surface area contributed by atoms with Gasteiger partial charge in [-0.25, -0.2) is 4.99 Å². The average molecular weight is 185 g/mol. The summed E-state index contributed by atoms with van der Waals surface area (Å²) in [6, 6.07) is 0.323. The summed E-state index contributed by atoms with van der Waals surface area (Å²) in [4.78, 5) is 4.59. The molecule has 0 bridgehead atoms. The van der Waals surface area contributed by atoms with Gasteiger partial charge in [-0.05, 0) is 0 Å². The van der Waals surface area contributed by atoms with Crippen LogP contribution in [0.25, 0.3) is 0 Å². The number of aliphatic imine (C=N–C) groups is 1. The summed E-state index contributed by atoms with van der Waals surface area (Å²) >= 11 is 0. The van der Waals surface area contributed by atoms with Crippen LogP contribution >= 0.6 is 0 Å². The average Bonchev–Trinajstić information content (AvgIpc) is 2.59. The molecule has 4 aliphatic rings. The third-order valence-electron chi connectivity index (χ3n) is 4.24. The molecule has 2 heteroatoms. The van der Waals surface area contributed by atoms with Crippen molar-refractivity contribution in [2.24, 2.45) is 21.7 Å². The minimum absolute atomic E-state index is 0.222. The molecule has 0 aromatic carbocycles. The zero-order valence-electron chi connectivity index (χ0n) is 7.97. The number of hydrogen-bond donors (Lipinski definition) is 0. The van der Waals surface area contributed by atoms with Crippen LogP contribution in [0.3, 0.4) is 0 Å². The second-order valence-electron chi connectivity index (χ2n) is 4.49. The van der Waals surface area contributed by atoms with Gasteiger partial charge in [0.25, 0.3) is 0 Å². The van der Waals surface area contributed by atoms with E-state index in [2.05, 4.69) is 41.4 Å². The van der Waals surface area contributed by atoms with Crippen LogP contribution in [-0.2, 0) is 4.74 Å². The molecular formula is C12H11NO. The van der Waals surface area contributed by atoms with Gasteiger partial charge in [0, 0.05) is 10.8 Å². The van der Waals surface area contributed by atoms with Crippen molar-refractivity contribution in [3.8, 4) is 0 Å². The number of ether oxygens (including phenoxy) is 1. The van der Waals surface area contributed by atoms with Crippen LogP contribution in [0.5, 0.6) is 0 Å². The van der Waals surface area contributed by atoms with Gasteiger partial charge in [0.05, 0.1) is 19.1 Å². The van der Waals surface area contributed by atoms with Gasteiger partial charge < -0.3 is 4.74 Å². The van der Waals surface area contributed by atoms with Crippen molar-refractivity contribution < 1.29 is 4.74 Å². The van der Waals surface area contributed by atoms with E-state index in [0.29, 0.717) is 12.0 Å². The van der Waals surface area contributed by atoms with Crippen molar-refractivity contribution in [2.75, 3.05) is 7.11 Å². The number of allylic oxidation sites excluding steroid dienone is 4. The van der Waals surface area contributed by atoms with Crippen LogP contribution in [0.15, 0.2) is 41.4 Å². The fourth-order valence-corrected chi connectivity index (χ4v) is 3.65. The highest BCUT2D eigenvalue weighted by Gasteiger charge is 2.83. The normalized spacial score (nSPS) is 54.2. The van der Waals surface area contributed by atoms with Crippen molar-refractivity contribution in [2.45, 2.75) is 6.04 Å². The predicted molar refractivity (Wildman–Crippen MR) is 54.0 cm³/mol. The van der Waals surface area contributed by atoms with Crippen molar-refractivity contribution >= 4 is 5.90 Å². The van der Waals surface area contributed by atoms with E-state index < -0.39 is 0 Å². The van der Waals surface area contributed by atoms with Gasteiger partial charge in [-0.1, -0.05) is 36.5 Å². The Hall–Kier alpha value is -1.31. The highest BCUT2D eigenvalue weighted by Crippen LogP contribution is 2.80. The van der Waals surface area contributed by atoms with Gasteiger partial charge in [-0.15, -0.1) is 0 Å². The summed E-state index contributed by atoms with van der Waals surface area (Å²) in [5.41, 5.74) is 0.451. The summed E-state index contributed by atoms with van der Waals surface area (Å²) in [5, 5.41) is 0. The van der Waals surface area contributed by atoms with E-state index in [0.717, 1.165) is 5.90 Å². The highest BCUT2D eigenvalue weighted by atomic mass is 16.5. The molecule has 70 valence electrons. The first kappa shape index (κ1) is 7.04. The number of rotatable bonds is 0. The molecule has 4 atom stereocenters. The van der Waals surface area contributed by atoms with Crippen molar-refractivity contribution in [1.29, 1.82) is 0 Å². The van der Waals surface area contributed by atoms with Gasteiger partial charge in [0.2, 0.25) is 0 Å². The van der Waals surface area contributed by atoms with E-state index >= 15 is 0 Å². The summed E-state index contributed by atoms with van der Waals surface area (Å²) in [6.07, 6.45) is 13.5. The van der Waals surface area contributed by atoms with Crippen LogP contribution in [0, 0.1) is 16.7 Å². The Morgan fingerprint density at radius 1 is 1.29 bits per heavy atom. The largest absolute Gasteiger partial charge is 0.484 e. The van der Waals surface area contributed by atoms with Gasteiger partial charge in [-0.2, -0.15) is 0 Å². The minimum Gasteiger partial charge on any atom is -0.484 e. The lowest BCUT2D eigenvalue weighted by Crippen LogP contribution is -2.17. The fourth-order valence-electron chi connectivity index (χ4n) is 3.65. The summed E-state index contributed by atoms with van der Waals surface area (Å²) < 4.78 is 5.37. The van der Waals surface area contributed by atoms with Crippen molar-refractivity contribution in [3.63, 3.8) is 0 Å². The molecule has 0 unspecified atom stereocenters. The van der Waals surface area contributed by atoms with E-state index in [4.69, 9.17) is 4.74 Å². The molecule has 0 N–H and O–H groups in total. The first-order valence-electron chi connectivity index (χ1n) is 5.03. The first-order chi connectivity index (χ1) is 6.85. The molecule has 1 heterocycles. The molecule has 0 radical (unpaired) electrons. The zero-order chi connectivity index (χ0) is 9.39. The summed E-state index contributed by atoms with van der Waals surface area (Å²) in [7, 11) is 1.73. The Labute approximate surface area is 82.7 Å². The number of methoxy groups -OCH3 is 1. The smallest absolute Gasteiger partial charge is 0.189 e. The van der Waals surface area contributed by atoms with Crippen LogP contribution in [0.1, 0.15) is 0 Å². The molecule has 14 heavy (non-hydrogen) atoms. The van der Waals surface area contributed by atoms with Crippen molar-refractivity contribution in [3.05, 3.63) is 36.5 Å². The van der Waals surface area contributed by atoms with Gasteiger partial charge in [-0.3, -0.25) is 0 Å². The van der Waals surface area contributed by atoms with Crippen LogP contribution in [-0.4, -0.2) is 19.0 Å². The van der Waals surface area contributed by atoms with E-state index in [1.165, 1.54) is 0 Å². The van der Waals surface area contributed by atoms with Gasteiger partial charge in [0.1, 0.15) is 0 Å². The Kier molecular flexibility index (Phi) is 0.877. The molecule has 1 saturated carbocycles. The lowest BCUT2D eigenvalue weighted by atomic mass is 9.89. The van der Waals surface area contributed by atoms with Crippen molar-refractivity contribution in [1.82, 2.24) is 0 Å². The van der Waals surface area contributed by atoms with Gasteiger partial charge in [0.15, 0.2) is 5.90 Å². The van der Waals surface area contributed by atoms with E-state index in [9.17, 15) is 0 Å². The maximum absolute atomic E-state index is 5.37. The standard InChI is InChI=1S/C12H11NO/c1-14-10-9-11-5-2-3-6-12(9,11)8(13-10)4-7-11/h2-9H,1H3/t8-,9+,11-,12+/m0/s1. The Morgan fingerprint density at radius 3 is 2.93 bits per heavy atom. The summed E-state index contributed by atoms with van der Waals surface area (Å²) in [5.74, 6) is 1.42. The molecule has 1 aliphatic heterocycles. The SMILES string of the molecule is COC1=N[C@H]2C=C[C@]34C=CC=C[C@]23[C@H]14. The molecule has 2 nitrogen and oxygen atoms in total. The molecule has 4 rings (SSSR count). The maximum Gasteiger partial charge on any atom is 0.189 e. The zero-order valence-corrected chi connectivity index (χ0v) is 7.97. The van der Waals surface area contributed by atoms with E-state index in [1.54, 1.807) is 7.11 Å². The lowest BCUT2D eigenvalue weighted by molar-refractivity contribution is 0.383. The van der Waals surface area contributed by atoms with Crippen LogP contribution < -0.4 is 0 Å². The maximum atomic E-state index is 5.37. The molecule has 1 fully saturated rings. The molecule has 0 aromatic rings. The Bertz CT molecular complexity index is 445. The molecule has 3 aliphatic carbocycles. The molecule has 0 amide bonds. The molecule has 0 aromatic heterocycles. The van der Waals surface area contributed by atoms with E-state index in [1.807, 2.05) is 0 Å². The molecule has 0 saturated heterocycles. The molecule has 1 spiro atoms. The number of hydrogen-bond acceptors (Lipinski definition) is 2. The van der Waals surface area contributed by atoms with E-state index in [-0.39, 0.29) is 10.8 Å². The minimum atomic E-state index is 0.222. The summed E-state index contributed by atoms with van der Waals surface area (Å²) in [6.45, 7) is 0. The lowest BCUT2D eigenvalue weighted by Gasteiger charge is -2.17. The third kappa shape index (κ3) is 0.423. The Morgan fingerprint density at radius 2 is 2.14 bits per heavy atom. The quantitative estimate of drug-likeness (QED) is 0.526. The predicted octanol–water partition coefficient (Wildman–Crippen LogP) is 1.71. The fraction of sp³-hybridized carbons (Fsp3) is 0.417. The second-order valence-corrected chi connectivity index (χ2v) is 4.49. The van der Waals surface area contributed by atoms with Crippen LogP contribution in [0.2, 0.25) is 0 Å². The molecular weight excluding hydrogens is 174 g/mol. The highest BCUT2D eigenvalue weighted by molar-refractivity contribution is 5.92. The second kappa shape index (κ2) is 1.74. The topological polar surface area (TPSA) is 21.6 Å². The monoisotopic (exact) mass is 185 g/mol. The number of nitrogens with zero attached hydrogens (tertiary/aromatic N) is 1. The Balaban J connectivity index is 1.96. The van der Waals surface area contributed by atoms with Gasteiger partial charge >= 0.3 is 0 Å².